The summed E-state index contributed by atoms with van der Waals surface area (Å²) in [6, 6.07) is 27.3. The van der Waals surface area contributed by atoms with Gasteiger partial charge in [-0.1, -0.05) is 80.8 Å². The van der Waals surface area contributed by atoms with Gasteiger partial charge in [0, 0.05) is 11.7 Å². The number of nitrogen functional groups attached to an aromatic ring is 1. The smallest absolute Gasteiger partial charge is 0.119 e. The van der Waals surface area contributed by atoms with Gasteiger partial charge in [0.1, 0.15) is 12.4 Å². The van der Waals surface area contributed by atoms with Gasteiger partial charge in [-0.25, -0.2) is 0 Å². The average molecular weight is 403 g/mol. The van der Waals surface area contributed by atoms with Crippen LogP contribution in [0.1, 0.15) is 55.3 Å². The number of benzene rings is 3. The van der Waals surface area contributed by atoms with Crippen molar-refractivity contribution in [2.45, 2.75) is 51.7 Å². The molecule has 0 saturated heterocycles. The van der Waals surface area contributed by atoms with E-state index >= 15 is 0 Å². The first kappa shape index (κ1) is 21.9. The zero-order valence-corrected chi connectivity index (χ0v) is 18.0. The molecule has 0 spiro atoms. The van der Waals surface area contributed by atoms with Gasteiger partial charge in [-0.15, -0.1) is 0 Å². The first-order chi connectivity index (χ1) is 14.7. The van der Waals surface area contributed by atoms with E-state index in [4.69, 9.17) is 10.5 Å². The number of unbranched alkanes of at least 4 members (excludes halogenated alkanes) is 2. The fourth-order valence-electron chi connectivity index (χ4n) is 3.64. The van der Waals surface area contributed by atoms with Crippen LogP contribution in [0.3, 0.4) is 0 Å². The second kappa shape index (κ2) is 12.0. The standard InChI is InChI=1S/C27H34N2O/c1-2-3-5-13-27(24-11-8-12-25(28)20-24)29-19-18-22-14-16-26(17-15-22)30-21-23-9-6-4-7-10-23/h4,6-12,14-17,20,27,29H,2-3,5,13,18-19,21,28H2,1H3. The lowest BCUT2D eigenvalue weighted by atomic mass is 9.99. The molecule has 1 atom stereocenters. The van der Waals surface area contributed by atoms with Crippen LogP contribution in [-0.4, -0.2) is 6.54 Å². The van der Waals surface area contributed by atoms with Crippen LogP contribution in [0.5, 0.6) is 5.75 Å². The van der Waals surface area contributed by atoms with Crippen molar-refractivity contribution in [3.05, 3.63) is 95.6 Å². The second-order valence-corrected chi connectivity index (χ2v) is 7.84. The topological polar surface area (TPSA) is 47.3 Å². The van der Waals surface area contributed by atoms with Gasteiger partial charge in [0.25, 0.3) is 0 Å². The summed E-state index contributed by atoms with van der Waals surface area (Å²) < 4.78 is 5.89. The van der Waals surface area contributed by atoms with Crippen molar-refractivity contribution < 1.29 is 4.74 Å². The highest BCUT2D eigenvalue weighted by molar-refractivity contribution is 5.41. The number of hydrogen-bond donors (Lipinski definition) is 2. The molecule has 0 heterocycles. The van der Waals surface area contributed by atoms with Crippen molar-refractivity contribution in [2.24, 2.45) is 0 Å². The quantitative estimate of drug-likeness (QED) is 0.276. The van der Waals surface area contributed by atoms with Gasteiger partial charge in [0.2, 0.25) is 0 Å². The van der Waals surface area contributed by atoms with Crippen LogP contribution < -0.4 is 15.8 Å². The summed E-state index contributed by atoms with van der Waals surface area (Å²) in [6.45, 7) is 3.79. The average Bonchev–Trinajstić information content (AvgIpc) is 2.78. The van der Waals surface area contributed by atoms with Crippen molar-refractivity contribution in [1.82, 2.24) is 5.32 Å². The SMILES string of the molecule is CCCCCC(NCCc1ccc(OCc2ccccc2)cc1)c1cccc(N)c1. The molecule has 3 nitrogen and oxygen atoms in total. The minimum Gasteiger partial charge on any atom is -0.489 e. The van der Waals surface area contributed by atoms with Crippen LogP contribution in [0.4, 0.5) is 5.69 Å². The van der Waals surface area contributed by atoms with Gasteiger partial charge >= 0.3 is 0 Å². The summed E-state index contributed by atoms with van der Waals surface area (Å²) in [5.74, 6) is 0.910. The molecule has 0 aliphatic rings. The molecule has 0 aliphatic carbocycles. The molecule has 158 valence electrons. The van der Waals surface area contributed by atoms with Crippen molar-refractivity contribution in [3.8, 4) is 5.75 Å². The Morgan fingerprint density at radius 3 is 2.40 bits per heavy atom. The van der Waals surface area contributed by atoms with Gasteiger partial charge < -0.3 is 15.8 Å². The van der Waals surface area contributed by atoms with E-state index < -0.39 is 0 Å². The first-order valence-electron chi connectivity index (χ1n) is 11.1. The molecule has 3 aromatic rings. The molecule has 0 saturated carbocycles. The van der Waals surface area contributed by atoms with E-state index in [-0.39, 0.29) is 0 Å². The summed E-state index contributed by atoms with van der Waals surface area (Å²) in [7, 11) is 0. The predicted molar refractivity (Wildman–Crippen MR) is 127 cm³/mol. The zero-order chi connectivity index (χ0) is 21.0. The maximum Gasteiger partial charge on any atom is 0.119 e. The number of anilines is 1. The third-order valence-electron chi connectivity index (χ3n) is 5.39. The molecular weight excluding hydrogens is 368 g/mol. The van der Waals surface area contributed by atoms with Crippen LogP contribution in [0, 0.1) is 0 Å². The monoisotopic (exact) mass is 402 g/mol. The highest BCUT2D eigenvalue weighted by Gasteiger charge is 2.11. The predicted octanol–water partition coefficient (Wildman–Crippen LogP) is 6.30. The minimum absolute atomic E-state index is 0.355. The van der Waals surface area contributed by atoms with E-state index in [1.54, 1.807) is 0 Å². The van der Waals surface area contributed by atoms with E-state index in [1.165, 1.54) is 36.0 Å². The number of ether oxygens (including phenoxy) is 1. The molecule has 30 heavy (non-hydrogen) atoms. The molecule has 0 radical (unpaired) electrons. The van der Waals surface area contributed by atoms with Crippen molar-refractivity contribution in [2.75, 3.05) is 12.3 Å². The highest BCUT2D eigenvalue weighted by Crippen LogP contribution is 2.22. The number of nitrogens with two attached hydrogens (primary N) is 1. The molecule has 0 aliphatic heterocycles. The summed E-state index contributed by atoms with van der Waals surface area (Å²) in [5, 5.41) is 3.75. The van der Waals surface area contributed by atoms with Crippen molar-refractivity contribution >= 4 is 5.69 Å². The Balaban J connectivity index is 1.49. The lowest BCUT2D eigenvalue weighted by molar-refractivity contribution is 0.306. The molecule has 3 rings (SSSR count). The third kappa shape index (κ3) is 7.23. The lowest BCUT2D eigenvalue weighted by Gasteiger charge is -2.20. The summed E-state index contributed by atoms with van der Waals surface area (Å²) in [5.41, 5.74) is 10.6. The first-order valence-corrected chi connectivity index (χ1v) is 11.1. The highest BCUT2D eigenvalue weighted by atomic mass is 16.5. The van der Waals surface area contributed by atoms with Gasteiger partial charge in [-0.05, 0) is 60.3 Å². The molecule has 3 heteroatoms. The van der Waals surface area contributed by atoms with E-state index in [1.807, 2.05) is 30.3 Å². The lowest BCUT2D eigenvalue weighted by Crippen LogP contribution is -2.24. The molecule has 0 aromatic heterocycles. The van der Waals surface area contributed by atoms with E-state index in [0.717, 1.165) is 30.8 Å². The van der Waals surface area contributed by atoms with Crippen molar-refractivity contribution in [3.63, 3.8) is 0 Å². The molecule has 0 fully saturated rings. The fourth-order valence-corrected chi connectivity index (χ4v) is 3.64. The Morgan fingerprint density at radius 1 is 0.867 bits per heavy atom. The molecule has 0 amide bonds. The van der Waals surface area contributed by atoms with Gasteiger partial charge in [-0.2, -0.15) is 0 Å². The van der Waals surface area contributed by atoms with Gasteiger partial charge in [0.05, 0.1) is 0 Å². The van der Waals surface area contributed by atoms with Crippen molar-refractivity contribution in [1.29, 1.82) is 0 Å². The molecular formula is C27H34N2O. The second-order valence-electron chi connectivity index (χ2n) is 7.84. The normalized spacial score (nSPS) is 11.9. The molecule has 3 N–H and O–H groups in total. The third-order valence-corrected chi connectivity index (χ3v) is 5.39. The fraction of sp³-hybridized carbons (Fsp3) is 0.333. The summed E-state index contributed by atoms with van der Waals surface area (Å²) in [4.78, 5) is 0. The Kier molecular flexibility index (Phi) is 8.80. The van der Waals surface area contributed by atoms with E-state index in [2.05, 4.69) is 60.8 Å². The Morgan fingerprint density at radius 2 is 1.67 bits per heavy atom. The van der Waals surface area contributed by atoms with E-state index in [0.29, 0.717) is 12.6 Å². The van der Waals surface area contributed by atoms with Gasteiger partial charge in [0.15, 0.2) is 0 Å². The zero-order valence-electron chi connectivity index (χ0n) is 18.0. The van der Waals surface area contributed by atoms with Crippen LogP contribution in [0.2, 0.25) is 0 Å². The van der Waals surface area contributed by atoms with E-state index in [9.17, 15) is 0 Å². The number of nitrogens with one attached hydrogen (secondary N) is 1. The van der Waals surface area contributed by atoms with Crippen LogP contribution in [0.25, 0.3) is 0 Å². The largest absolute Gasteiger partial charge is 0.489 e. The maximum absolute atomic E-state index is 6.01. The van der Waals surface area contributed by atoms with Gasteiger partial charge in [-0.3, -0.25) is 0 Å². The van der Waals surface area contributed by atoms with Crippen LogP contribution in [-0.2, 0) is 13.0 Å². The Hall–Kier alpha value is -2.78. The summed E-state index contributed by atoms with van der Waals surface area (Å²) in [6.07, 6.45) is 5.87. The Bertz CT molecular complexity index is 862. The number of rotatable bonds is 12. The summed E-state index contributed by atoms with van der Waals surface area (Å²) >= 11 is 0. The van der Waals surface area contributed by atoms with Crippen LogP contribution >= 0.6 is 0 Å². The Labute approximate surface area is 181 Å². The maximum atomic E-state index is 6.01. The molecule has 0 bridgehead atoms. The minimum atomic E-state index is 0.355. The molecule has 3 aromatic carbocycles. The number of hydrogen-bond acceptors (Lipinski definition) is 3. The van der Waals surface area contributed by atoms with Crippen LogP contribution in [0.15, 0.2) is 78.9 Å². The molecule has 1 unspecified atom stereocenters.